The summed E-state index contributed by atoms with van der Waals surface area (Å²) in [5, 5.41) is 9.60. The third kappa shape index (κ3) is 3.55. The van der Waals surface area contributed by atoms with Gasteiger partial charge in [0.2, 0.25) is 0 Å². The second-order valence-electron chi connectivity index (χ2n) is 3.17. The van der Waals surface area contributed by atoms with Crippen LogP contribution in [0.25, 0.3) is 0 Å². The van der Waals surface area contributed by atoms with Gasteiger partial charge in [-0.3, -0.25) is 0 Å². The van der Waals surface area contributed by atoms with Crippen LogP contribution in [0.3, 0.4) is 0 Å². The summed E-state index contributed by atoms with van der Waals surface area (Å²) in [6.07, 6.45) is 1.41. The van der Waals surface area contributed by atoms with E-state index < -0.39 is 5.97 Å². The Hall–Kier alpha value is -0.850. The largest absolute Gasteiger partial charge is 0.477 e. The molecule has 88 valence electrons. The Bertz CT molecular complexity index is 542. The fourth-order valence-corrected chi connectivity index (χ4v) is 3.44. The average molecular weight is 330 g/mol. The highest BCUT2D eigenvalue weighted by atomic mass is 79.9. The van der Waals surface area contributed by atoms with E-state index in [9.17, 15) is 4.79 Å². The van der Waals surface area contributed by atoms with E-state index in [1.54, 1.807) is 11.8 Å². The Morgan fingerprint density at radius 1 is 1.53 bits per heavy atom. The summed E-state index contributed by atoms with van der Waals surface area (Å²) in [4.78, 5) is 16.2. The van der Waals surface area contributed by atoms with E-state index in [2.05, 4.69) is 20.9 Å². The maximum atomic E-state index is 10.7. The SMILES string of the molecule is O=C(O)c1cnc(CSc2cccc(Br)c2)s1. The molecular weight excluding hydrogens is 322 g/mol. The number of nitrogens with zero attached hydrogens (tertiary/aromatic N) is 1. The highest BCUT2D eigenvalue weighted by Gasteiger charge is 2.08. The Morgan fingerprint density at radius 3 is 3.00 bits per heavy atom. The third-order valence-electron chi connectivity index (χ3n) is 1.92. The molecule has 0 radical (unpaired) electrons. The Balaban J connectivity index is 2.00. The number of thioether (sulfide) groups is 1. The maximum Gasteiger partial charge on any atom is 0.347 e. The van der Waals surface area contributed by atoms with Crippen LogP contribution in [0, 0.1) is 0 Å². The van der Waals surface area contributed by atoms with Crippen LogP contribution in [0.2, 0.25) is 0 Å². The van der Waals surface area contributed by atoms with Gasteiger partial charge in [-0.2, -0.15) is 0 Å². The number of aromatic carboxylic acids is 1. The lowest BCUT2D eigenvalue weighted by Gasteiger charge is -1.99. The zero-order valence-corrected chi connectivity index (χ0v) is 11.8. The van der Waals surface area contributed by atoms with Gasteiger partial charge in [0, 0.05) is 9.37 Å². The summed E-state index contributed by atoms with van der Waals surface area (Å²) in [6.45, 7) is 0. The highest BCUT2D eigenvalue weighted by Crippen LogP contribution is 2.27. The minimum Gasteiger partial charge on any atom is -0.477 e. The smallest absolute Gasteiger partial charge is 0.347 e. The molecule has 0 unspecified atom stereocenters. The van der Waals surface area contributed by atoms with E-state index in [4.69, 9.17) is 5.11 Å². The van der Waals surface area contributed by atoms with Gasteiger partial charge in [-0.1, -0.05) is 22.0 Å². The second kappa shape index (κ2) is 5.66. The normalized spacial score (nSPS) is 10.4. The van der Waals surface area contributed by atoms with Crippen LogP contribution in [0.15, 0.2) is 39.8 Å². The summed E-state index contributed by atoms with van der Waals surface area (Å²) in [5.41, 5.74) is 0. The number of aromatic nitrogens is 1. The Morgan fingerprint density at radius 2 is 2.35 bits per heavy atom. The molecule has 2 aromatic rings. The van der Waals surface area contributed by atoms with Crippen molar-refractivity contribution in [3.8, 4) is 0 Å². The summed E-state index contributed by atoms with van der Waals surface area (Å²) < 4.78 is 1.04. The van der Waals surface area contributed by atoms with Gasteiger partial charge in [0.15, 0.2) is 0 Å². The topological polar surface area (TPSA) is 50.2 Å². The first-order valence-electron chi connectivity index (χ1n) is 4.71. The van der Waals surface area contributed by atoms with E-state index in [0.29, 0.717) is 5.75 Å². The zero-order chi connectivity index (χ0) is 12.3. The molecule has 0 fully saturated rings. The molecule has 0 aliphatic rings. The van der Waals surface area contributed by atoms with Gasteiger partial charge in [-0.05, 0) is 18.2 Å². The number of halogens is 1. The van der Waals surface area contributed by atoms with Crippen LogP contribution >= 0.6 is 39.0 Å². The molecule has 6 heteroatoms. The van der Waals surface area contributed by atoms with Gasteiger partial charge < -0.3 is 5.11 Å². The molecule has 0 atom stereocenters. The first kappa shape index (κ1) is 12.6. The van der Waals surface area contributed by atoms with Crippen molar-refractivity contribution in [2.75, 3.05) is 0 Å². The van der Waals surface area contributed by atoms with Crippen LogP contribution in [-0.2, 0) is 5.75 Å². The monoisotopic (exact) mass is 329 g/mol. The summed E-state index contributed by atoms with van der Waals surface area (Å²) in [6, 6.07) is 7.98. The molecular formula is C11H8BrNO2S2. The molecule has 0 bridgehead atoms. The number of benzene rings is 1. The highest BCUT2D eigenvalue weighted by molar-refractivity contribution is 9.10. The van der Waals surface area contributed by atoms with Crippen molar-refractivity contribution in [2.24, 2.45) is 0 Å². The average Bonchev–Trinajstić information content (AvgIpc) is 2.75. The van der Waals surface area contributed by atoms with Gasteiger partial charge in [0.25, 0.3) is 0 Å². The summed E-state index contributed by atoms with van der Waals surface area (Å²) >= 11 is 6.27. The molecule has 1 aromatic carbocycles. The predicted octanol–water partition coefficient (Wildman–Crippen LogP) is 3.90. The van der Waals surface area contributed by atoms with Crippen LogP contribution < -0.4 is 0 Å². The number of carboxylic acid groups (broad SMARTS) is 1. The first-order chi connectivity index (χ1) is 8.15. The molecule has 0 spiro atoms. The van der Waals surface area contributed by atoms with Gasteiger partial charge in [0.05, 0.1) is 11.9 Å². The molecule has 17 heavy (non-hydrogen) atoms. The van der Waals surface area contributed by atoms with Crippen molar-refractivity contribution >= 4 is 45.0 Å². The molecule has 1 N–H and O–H groups in total. The minimum atomic E-state index is -0.916. The van der Waals surface area contributed by atoms with Crippen molar-refractivity contribution in [1.82, 2.24) is 4.98 Å². The molecule has 3 nitrogen and oxygen atoms in total. The van der Waals surface area contributed by atoms with E-state index in [1.165, 1.54) is 17.5 Å². The van der Waals surface area contributed by atoms with Gasteiger partial charge >= 0.3 is 5.97 Å². The maximum absolute atomic E-state index is 10.7. The molecule has 0 saturated heterocycles. The number of carboxylic acids is 1. The fraction of sp³-hybridized carbons (Fsp3) is 0.0909. The second-order valence-corrected chi connectivity index (χ2v) is 6.25. The van der Waals surface area contributed by atoms with E-state index >= 15 is 0 Å². The fourth-order valence-electron chi connectivity index (χ4n) is 1.18. The Labute approximate surface area is 115 Å². The summed E-state index contributed by atoms with van der Waals surface area (Å²) in [7, 11) is 0. The van der Waals surface area contributed by atoms with Crippen LogP contribution in [0.5, 0.6) is 0 Å². The Kier molecular flexibility index (Phi) is 4.20. The standard InChI is InChI=1S/C11H8BrNO2S2/c12-7-2-1-3-8(4-7)16-6-10-13-5-9(17-10)11(14)15/h1-5H,6H2,(H,14,15). The number of carbonyl (C=O) groups is 1. The van der Waals surface area contributed by atoms with Crippen molar-refractivity contribution in [3.63, 3.8) is 0 Å². The molecule has 1 aromatic heterocycles. The minimum absolute atomic E-state index is 0.287. The molecule has 0 aliphatic carbocycles. The predicted molar refractivity (Wildman–Crippen MR) is 72.8 cm³/mol. The number of thiazole rings is 1. The van der Waals surface area contributed by atoms with Crippen molar-refractivity contribution in [2.45, 2.75) is 10.6 Å². The van der Waals surface area contributed by atoms with E-state index in [0.717, 1.165) is 14.4 Å². The molecule has 0 saturated carbocycles. The summed E-state index contributed by atoms with van der Waals surface area (Å²) in [5.74, 6) is -0.227. The van der Waals surface area contributed by atoms with Crippen molar-refractivity contribution in [1.29, 1.82) is 0 Å². The lowest BCUT2D eigenvalue weighted by Crippen LogP contribution is -1.89. The molecule has 2 rings (SSSR count). The van der Waals surface area contributed by atoms with Crippen molar-refractivity contribution in [3.05, 3.63) is 44.8 Å². The van der Waals surface area contributed by atoms with Crippen molar-refractivity contribution < 1.29 is 9.90 Å². The van der Waals surface area contributed by atoms with Crippen LogP contribution in [0.1, 0.15) is 14.7 Å². The number of hydrogen-bond acceptors (Lipinski definition) is 4. The third-order valence-corrected chi connectivity index (χ3v) is 4.59. The zero-order valence-electron chi connectivity index (χ0n) is 8.59. The lowest BCUT2D eigenvalue weighted by atomic mass is 10.4. The van der Waals surface area contributed by atoms with Gasteiger partial charge in [-0.15, -0.1) is 23.1 Å². The van der Waals surface area contributed by atoms with E-state index in [1.807, 2.05) is 24.3 Å². The lowest BCUT2D eigenvalue weighted by molar-refractivity contribution is 0.0702. The number of rotatable bonds is 4. The molecule has 0 amide bonds. The quantitative estimate of drug-likeness (QED) is 0.864. The van der Waals surface area contributed by atoms with Gasteiger partial charge in [0.1, 0.15) is 9.88 Å². The number of hydrogen-bond donors (Lipinski definition) is 1. The van der Waals surface area contributed by atoms with Crippen LogP contribution in [-0.4, -0.2) is 16.1 Å². The van der Waals surface area contributed by atoms with Gasteiger partial charge in [-0.25, -0.2) is 9.78 Å². The molecule has 0 aliphatic heterocycles. The van der Waals surface area contributed by atoms with E-state index in [-0.39, 0.29) is 4.88 Å². The van der Waals surface area contributed by atoms with Crippen LogP contribution in [0.4, 0.5) is 0 Å². The first-order valence-corrected chi connectivity index (χ1v) is 7.31. The molecule has 1 heterocycles.